The monoisotopic (exact) mass is 209 g/mol. The Hall–Kier alpha value is -1.58. The zero-order valence-corrected chi connectivity index (χ0v) is 8.99. The van der Waals surface area contributed by atoms with Gasteiger partial charge < -0.3 is 10.0 Å². The van der Waals surface area contributed by atoms with Crippen molar-refractivity contribution in [1.82, 2.24) is 4.90 Å². The first-order valence-corrected chi connectivity index (χ1v) is 4.82. The molecule has 0 spiro atoms. The third-order valence-corrected chi connectivity index (χ3v) is 2.40. The van der Waals surface area contributed by atoms with Crippen LogP contribution >= 0.6 is 0 Å². The Labute approximate surface area is 88.9 Å². The highest BCUT2D eigenvalue weighted by molar-refractivity contribution is 5.96. The van der Waals surface area contributed by atoms with Gasteiger partial charge in [-0.1, -0.05) is 6.08 Å². The van der Waals surface area contributed by atoms with Crippen molar-refractivity contribution in [1.29, 1.82) is 0 Å². The van der Waals surface area contributed by atoms with Crippen LogP contribution in [0.25, 0.3) is 0 Å². The number of aliphatic carboxylic acids is 1. The number of amides is 1. The van der Waals surface area contributed by atoms with Gasteiger partial charge in [0.2, 0.25) is 5.91 Å². The second kappa shape index (κ2) is 4.29. The number of carbonyl (C=O) groups excluding carboxylic acids is 1. The highest BCUT2D eigenvalue weighted by Crippen LogP contribution is 2.28. The minimum absolute atomic E-state index is 0.0315. The number of β-lactam (4-membered cyclic amide) rings is 1. The summed E-state index contributed by atoms with van der Waals surface area (Å²) in [6, 6.07) is -0.0315. The maximum absolute atomic E-state index is 11.4. The molecule has 0 aliphatic carbocycles. The lowest BCUT2D eigenvalue weighted by molar-refractivity contribution is -0.149. The quantitative estimate of drug-likeness (QED) is 0.434. The van der Waals surface area contributed by atoms with Gasteiger partial charge in [-0.05, 0) is 25.8 Å². The molecule has 1 N–H and O–H groups in total. The summed E-state index contributed by atoms with van der Waals surface area (Å²) < 4.78 is 0. The molecule has 1 rings (SSSR count). The smallest absolute Gasteiger partial charge is 0.352 e. The summed E-state index contributed by atoms with van der Waals surface area (Å²) in [4.78, 5) is 23.7. The Bertz CT molecular complexity index is 338. The lowest BCUT2D eigenvalue weighted by atomic mass is 9.96. The highest BCUT2D eigenvalue weighted by atomic mass is 16.4. The van der Waals surface area contributed by atoms with Gasteiger partial charge in [-0.15, -0.1) is 6.58 Å². The van der Waals surface area contributed by atoms with Gasteiger partial charge in [0.05, 0.1) is 0 Å². The number of carboxylic acids is 1. The number of hydrogen-bond donors (Lipinski definition) is 1. The van der Waals surface area contributed by atoms with E-state index in [2.05, 4.69) is 6.58 Å². The summed E-state index contributed by atoms with van der Waals surface area (Å²) in [6.45, 7) is 6.98. The van der Waals surface area contributed by atoms with E-state index < -0.39 is 5.97 Å². The molecule has 1 atom stereocenters. The van der Waals surface area contributed by atoms with Crippen LogP contribution in [0, 0.1) is 0 Å². The molecule has 1 saturated heterocycles. The largest absolute Gasteiger partial charge is 0.477 e. The number of carboxylic acid groups (broad SMARTS) is 1. The molecule has 1 aliphatic rings. The van der Waals surface area contributed by atoms with Gasteiger partial charge in [-0.2, -0.15) is 0 Å². The van der Waals surface area contributed by atoms with Crippen LogP contribution in [0.5, 0.6) is 0 Å². The minimum atomic E-state index is -1.04. The van der Waals surface area contributed by atoms with Crippen LogP contribution in [0.1, 0.15) is 26.7 Å². The van der Waals surface area contributed by atoms with Crippen LogP contribution in [-0.2, 0) is 9.59 Å². The summed E-state index contributed by atoms with van der Waals surface area (Å²) in [5.74, 6) is -1.17. The predicted octanol–water partition coefficient (Wildman–Crippen LogP) is 1.54. The van der Waals surface area contributed by atoms with Crippen molar-refractivity contribution in [2.75, 3.05) is 0 Å². The molecule has 1 unspecified atom stereocenters. The number of rotatable bonds is 4. The van der Waals surface area contributed by atoms with Crippen LogP contribution in [-0.4, -0.2) is 27.9 Å². The molecule has 1 heterocycles. The van der Waals surface area contributed by atoms with Crippen LogP contribution < -0.4 is 0 Å². The van der Waals surface area contributed by atoms with Crippen molar-refractivity contribution in [3.05, 3.63) is 23.9 Å². The van der Waals surface area contributed by atoms with E-state index in [1.54, 1.807) is 19.9 Å². The van der Waals surface area contributed by atoms with Crippen molar-refractivity contribution in [2.24, 2.45) is 0 Å². The van der Waals surface area contributed by atoms with E-state index in [0.29, 0.717) is 18.4 Å². The predicted molar refractivity (Wildman–Crippen MR) is 56.1 cm³/mol. The lowest BCUT2D eigenvalue weighted by Gasteiger charge is -2.40. The van der Waals surface area contributed by atoms with E-state index in [1.165, 1.54) is 4.90 Å². The fourth-order valence-corrected chi connectivity index (χ4v) is 1.73. The summed E-state index contributed by atoms with van der Waals surface area (Å²) in [6.07, 6.45) is 2.75. The standard InChI is InChI=1S/C11H15NO3/c1-4-5-8-6-9(13)12(8)10(7(2)3)11(14)15/h4,8H,1,5-6H2,2-3H3,(H,14,15). The summed E-state index contributed by atoms with van der Waals surface area (Å²) in [5.41, 5.74) is 0.753. The third kappa shape index (κ3) is 2.09. The SMILES string of the molecule is C=CCC1CC(=O)N1C(C(=O)O)=C(C)C. The average molecular weight is 209 g/mol. The average Bonchev–Trinajstić information content (AvgIpc) is 2.12. The van der Waals surface area contributed by atoms with Crippen LogP contribution in [0.2, 0.25) is 0 Å². The summed E-state index contributed by atoms with van der Waals surface area (Å²) >= 11 is 0. The molecular weight excluding hydrogens is 194 g/mol. The molecule has 0 radical (unpaired) electrons. The molecule has 4 nitrogen and oxygen atoms in total. The summed E-state index contributed by atoms with van der Waals surface area (Å²) in [7, 11) is 0. The molecule has 82 valence electrons. The zero-order chi connectivity index (χ0) is 11.6. The Morgan fingerprint density at radius 1 is 1.67 bits per heavy atom. The number of likely N-dealkylation sites (tertiary alicyclic amines) is 1. The first-order chi connectivity index (χ1) is 6.99. The van der Waals surface area contributed by atoms with Crippen molar-refractivity contribution in [2.45, 2.75) is 32.7 Å². The Balaban J connectivity index is 2.93. The molecule has 0 saturated carbocycles. The maximum atomic E-state index is 11.4. The molecule has 1 fully saturated rings. The number of hydrogen-bond acceptors (Lipinski definition) is 2. The van der Waals surface area contributed by atoms with Crippen molar-refractivity contribution in [3.63, 3.8) is 0 Å². The van der Waals surface area contributed by atoms with E-state index in [0.717, 1.165) is 0 Å². The van der Waals surface area contributed by atoms with Gasteiger partial charge in [0.1, 0.15) is 5.70 Å². The van der Waals surface area contributed by atoms with Crippen LogP contribution in [0.3, 0.4) is 0 Å². The first-order valence-electron chi connectivity index (χ1n) is 4.82. The number of carbonyl (C=O) groups is 2. The topological polar surface area (TPSA) is 57.6 Å². The van der Waals surface area contributed by atoms with Crippen molar-refractivity contribution >= 4 is 11.9 Å². The van der Waals surface area contributed by atoms with E-state index in [1.807, 2.05) is 0 Å². The first kappa shape index (κ1) is 11.5. The molecule has 1 amide bonds. The molecule has 0 aromatic heterocycles. The van der Waals surface area contributed by atoms with Gasteiger partial charge in [0, 0.05) is 12.5 Å². The lowest BCUT2D eigenvalue weighted by Crippen LogP contribution is -2.53. The van der Waals surface area contributed by atoms with Crippen LogP contribution in [0.15, 0.2) is 23.9 Å². The molecule has 4 heteroatoms. The molecule has 0 aromatic carbocycles. The van der Waals surface area contributed by atoms with E-state index in [-0.39, 0.29) is 17.6 Å². The van der Waals surface area contributed by atoms with Gasteiger partial charge in [0.25, 0.3) is 0 Å². The molecule has 1 aliphatic heterocycles. The van der Waals surface area contributed by atoms with Gasteiger partial charge >= 0.3 is 5.97 Å². The van der Waals surface area contributed by atoms with E-state index in [4.69, 9.17) is 5.11 Å². The van der Waals surface area contributed by atoms with E-state index in [9.17, 15) is 9.59 Å². The van der Waals surface area contributed by atoms with E-state index >= 15 is 0 Å². The van der Waals surface area contributed by atoms with Gasteiger partial charge in [0.15, 0.2) is 0 Å². The van der Waals surface area contributed by atoms with Gasteiger partial charge in [-0.3, -0.25) is 4.79 Å². The second-order valence-electron chi connectivity index (χ2n) is 3.80. The molecular formula is C11H15NO3. The van der Waals surface area contributed by atoms with Crippen molar-refractivity contribution in [3.8, 4) is 0 Å². The second-order valence-corrected chi connectivity index (χ2v) is 3.80. The normalized spacial score (nSPS) is 19.5. The number of nitrogens with zero attached hydrogens (tertiary/aromatic N) is 1. The van der Waals surface area contributed by atoms with Crippen molar-refractivity contribution < 1.29 is 14.7 Å². The molecule has 0 aromatic rings. The van der Waals surface area contributed by atoms with Crippen LogP contribution in [0.4, 0.5) is 0 Å². The van der Waals surface area contributed by atoms with Gasteiger partial charge in [-0.25, -0.2) is 4.79 Å². The number of allylic oxidation sites excluding steroid dienone is 1. The zero-order valence-electron chi connectivity index (χ0n) is 8.99. The fraction of sp³-hybridized carbons (Fsp3) is 0.455. The fourth-order valence-electron chi connectivity index (χ4n) is 1.73. The Kier molecular flexibility index (Phi) is 3.29. The Morgan fingerprint density at radius 2 is 2.27 bits per heavy atom. The maximum Gasteiger partial charge on any atom is 0.352 e. The molecule has 15 heavy (non-hydrogen) atoms. The highest BCUT2D eigenvalue weighted by Gasteiger charge is 2.40. The minimum Gasteiger partial charge on any atom is -0.477 e. The third-order valence-electron chi connectivity index (χ3n) is 2.40. The summed E-state index contributed by atoms with van der Waals surface area (Å²) in [5, 5.41) is 9.01. The molecule has 0 bridgehead atoms. The Morgan fingerprint density at radius 3 is 2.60 bits per heavy atom.